The van der Waals surface area contributed by atoms with E-state index in [1.165, 1.54) is 11.1 Å². The molecule has 7 nitrogen and oxygen atoms in total. The van der Waals surface area contributed by atoms with Crippen molar-refractivity contribution < 1.29 is 14.3 Å². The molecule has 0 radical (unpaired) electrons. The monoisotopic (exact) mass is 436 g/mol. The number of ether oxygens (including phenoxy) is 1. The Labute approximate surface area is 189 Å². The molecule has 0 saturated carbocycles. The lowest BCUT2D eigenvalue weighted by Crippen LogP contribution is -2.38. The smallest absolute Gasteiger partial charge is 0.228 e. The van der Waals surface area contributed by atoms with Crippen LogP contribution in [0.15, 0.2) is 24.3 Å². The molecule has 170 valence electrons. The summed E-state index contributed by atoms with van der Waals surface area (Å²) in [6, 6.07) is 8.41. The van der Waals surface area contributed by atoms with Crippen molar-refractivity contribution in [3.8, 4) is 0 Å². The molecule has 4 rings (SSSR count). The average Bonchev–Trinajstić information content (AvgIpc) is 3.27. The highest BCUT2D eigenvalue weighted by molar-refractivity contribution is 5.95. The van der Waals surface area contributed by atoms with Gasteiger partial charge in [0.15, 0.2) is 0 Å². The van der Waals surface area contributed by atoms with Crippen molar-refractivity contribution in [3.05, 3.63) is 52.5 Å². The molecule has 3 heterocycles. The highest BCUT2D eigenvalue weighted by Gasteiger charge is 2.32. The third-order valence-electron chi connectivity index (χ3n) is 6.49. The van der Waals surface area contributed by atoms with Gasteiger partial charge in [0, 0.05) is 50.3 Å². The first-order chi connectivity index (χ1) is 15.5. The Morgan fingerprint density at radius 3 is 2.84 bits per heavy atom. The second-order valence-electron chi connectivity index (χ2n) is 8.82. The van der Waals surface area contributed by atoms with Crippen LogP contribution in [0.5, 0.6) is 0 Å². The zero-order valence-electron chi connectivity index (χ0n) is 19.3. The zero-order chi connectivity index (χ0) is 22.7. The van der Waals surface area contributed by atoms with Gasteiger partial charge < -0.3 is 9.64 Å². The van der Waals surface area contributed by atoms with E-state index < -0.39 is 0 Å². The number of hydrogen-bond acceptors (Lipinski definition) is 5. The lowest BCUT2D eigenvalue weighted by Gasteiger charge is -2.30. The average molecular weight is 437 g/mol. The summed E-state index contributed by atoms with van der Waals surface area (Å²) in [6.45, 7) is 6.47. The second kappa shape index (κ2) is 9.77. The first-order valence-electron chi connectivity index (χ1n) is 11.5. The largest absolute Gasteiger partial charge is 0.384 e. The van der Waals surface area contributed by atoms with Gasteiger partial charge in [-0.05, 0) is 38.7 Å². The Bertz CT molecular complexity index is 1010. The quantitative estimate of drug-likeness (QED) is 0.667. The first-order valence-corrected chi connectivity index (χ1v) is 11.5. The number of nitrogens with zero attached hydrogens (tertiary/aromatic N) is 4. The molecule has 0 unspecified atom stereocenters. The van der Waals surface area contributed by atoms with Gasteiger partial charge >= 0.3 is 0 Å². The van der Waals surface area contributed by atoms with Crippen molar-refractivity contribution in [2.45, 2.75) is 51.9 Å². The number of rotatable bonds is 7. The minimum Gasteiger partial charge on any atom is -0.384 e. The summed E-state index contributed by atoms with van der Waals surface area (Å²) in [5, 5.41) is 0. The molecule has 1 atom stereocenters. The van der Waals surface area contributed by atoms with Gasteiger partial charge in [-0.15, -0.1) is 0 Å². The summed E-state index contributed by atoms with van der Waals surface area (Å²) in [7, 11) is 1.61. The van der Waals surface area contributed by atoms with Crippen molar-refractivity contribution in [1.82, 2.24) is 14.9 Å². The molecule has 2 aliphatic heterocycles. The number of carbonyl (C=O) groups is 2. The van der Waals surface area contributed by atoms with E-state index in [1.807, 2.05) is 16.7 Å². The fourth-order valence-corrected chi connectivity index (χ4v) is 4.67. The predicted octanol–water partition coefficient (Wildman–Crippen LogP) is 2.97. The number of amides is 2. The molecule has 0 aliphatic carbocycles. The topological polar surface area (TPSA) is 75.6 Å². The van der Waals surface area contributed by atoms with Crippen LogP contribution >= 0.6 is 0 Å². The van der Waals surface area contributed by atoms with Crippen LogP contribution in [0.3, 0.4) is 0 Å². The Balaban J connectivity index is 1.53. The van der Waals surface area contributed by atoms with Gasteiger partial charge in [0.2, 0.25) is 11.8 Å². The van der Waals surface area contributed by atoms with Crippen LogP contribution in [0.25, 0.3) is 0 Å². The van der Waals surface area contributed by atoms with Crippen molar-refractivity contribution >= 4 is 17.6 Å². The summed E-state index contributed by atoms with van der Waals surface area (Å²) >= 11 is 0. The molecule has 1 aromatic carbocycles. The minimum atomic E-state index is 0.0983. The van der Waals surface area contributed by atoms with E-state index in [-0.39, 0.29) is 17.7 Å². The van der Waals surface area contributed by atoms with Crippen LogP contribution in [0.2, 0.25) is 0 Å². The Hall–Kier alpha value is -2.80. The molecule has 0 spiro atoms. The van der Waals surface area contributed by atoms with Gasteiger partial charge in [-0.3, -0.25) is 14.5 Å². The number of anilines is 1. The number of likely N-dealkylation sites (tertiary alicyclic amines) is 1. The molecule has 0 bridgehead atoms. The number of aromatic nitrogens is 2. The molecule has 2 aliphatic rings. The maximum atomic E-state index is 12.8. The van der Waals surface area contributed by atoms with Crippen molar-refractivity contribution in [2.24, 2.45) is 0 Å². The number of fused-ring (bicyclic) bond motifs is 1. The van der Waals surface area contributed by atoms with Crippen molar-refractivity contribution in [1.29, 1.82) is 0 Å². The van der Waals surface area contributed by atoms with Gasteiger partial charge in [0.05, 0.1) is 13.0 Å². The third-order valence-corrected chi connectivity index (χ3v) is 6.49. The zero-order valence-corrected chi connectivity index (χ0v) is 19.3. The number of benzene rings is 1. The third kappa shape index (κ3) is 4.83. The van der Waals surface area contributed by atoms with Crippen molar-refractivity contribution in [3.63, 3.8) is 0 Å². The van der Waals surface area contributed by atoms with Crippen molar-refractivity contribution in [2.75, 3.05) is 38.3 Å². The fourth-order valence-electron chi connectivity index (χ4n) is 4.67. The van der Waals surface area contributed by atoms with Crippen LogP contribution in [0.4, 0.5) is 5.82 Å². The van der Waals surface area contributed by atoms with Gasteiger partial charge in [-0.1, -0.05) is 29.8 Å². The molecule has 2 amide bonds. The van der Waals surface area contributed by atoms with Gasteiger partial charge in [-0.2, -0.15) is 0 Å². The van der Waals surface area contributed by atoms with Crippen LogP contribution in [-0.4, -0.2) is 60.0 Å². The van der Waals surface area contributed by atoms with Gasteiger partial charge in [0.25, 0.3) is 0 Å². The number of hydrogen-bond donors (Lipinski definition) is 0. The Morgan fingerprint density at radius 2 is 2.06 bits per heavy atom. The highest BCUT2D eigenvalue weighted by atomic mass is 16.5. The van der Waals surface area contributed by atoms with E-state index in [4.69, 9.17) is 14.7 Å². The summed E-state index contributed by atoms with van der Waals surface area (Å²) in [4.78, 5) is 38.6. The molecular formula is C25H32N4O3. The highest BCUT2D eigenvalue weighted by Crippen LogP contribution is 2.32. The minimum absolute atomic E-state index is 0.0983. The first kappa shape index (κ1) is 22.4. The molecule has 1 aromatic heterocycles. The summed E-state index contributed by atoms with van der Waals surface area (Å²) < 4.78 is 5.04. The molecule has 2 aromatic rings. The van der Waals surface area contributed by atoms with E-state index in [9.17, 15) is 9.59 Å². The van der Waals surface area contributed by atoms with Gasteiger partial charge in [-0.25, -0.2) is 9.97 Å². The van der Waals surface area contributed by atoms with Crippen LogP contribution in [0.1, 0.15) is 53.4 Å². The lowest BCUT2D eigenvalue weighted by molar-refractivity contribution is -0.131. The standard InChI is InChI=1S/C25H32N4O3/c1-17-5-4-6-19(15-17)9-13-29-23(31)8-7-21-18(2)26-24(27-25(21)29)20-10-12-28(16-20)22(30)11-14-32-3/h4-6,15,20H,7-14,16H2,1-3H3/t20-/m0/s1. The molecule has 32 heavy (non-hydrogen) atoms. The number of methoxy groups -OCH3 is 1. The summed E-state index contributed by atoms with van der Waals surface area (Å²) in [5.41, 5.74) is 4.46. The fraction of sp³-hybridized carbons (Fsp3) is 0.520. The second-order valence-corrected chi connectivity index (χ2v) is 8.82. The Kier molecular flexibility index (Phi) is 6.84. The molecule has 1 saturated heterocycles. The summed E-state index contributed by atoms with van der Waals surface area (Å²) in [5.74, 6) is 1.84. The van der Waals surface area contributed by atoms with Crippen LogP contribution in [-0.2, 0) is 27.2 Å². The SMILES string of the molecule is COCCC(=O)N1CC[C@H](c2nc(C)c3c(n2)N(CCc2cccc(C)c2)C(=O)CC3)C1. The summed E-state index contributed by atoms with van der Waals surface area (Å²) in [6.07, 6.45) is 3.21. The maximum absolute atomic E-state index is 12.8. The van der Waals surface area contributed by atoms with E-state index in [0.29, 0.717) is 45.5 Å². The number of aryl methyl sites for hydroxylation is 2. The van der Waals surface area contributed by atoms with Crippen LogP contribution in [0, 0.1) is 13.8 Å². The lowest BCUT2D eigenvalue weighted by atomic mass is 10.0. The predicted molar refractivity (Wildman–Crippen MR) is 123 cm³/mol. The van der Waals surface area contributed by atoms with Crippen LogP contribution < -0.4 is 4.90 Å². The molecule has 1 fully saturated rings. The van der Waals surface area contributed by atoms with E-state index in [2.05, 4.69) is 31.2 Å². The Morgan fingerprint density at radius 1 is 1.22 bits per heavy atom. The number of carbonyl (C=O) groups excluding carboxylic acids is 2. The maximum Gasteiger partial charge on any atom is 0.228 e. The van der Waals surface area contributed by atoms with E-state index >= 15 is 0 Å². The van der Waals surface area contributed by atoms with Gasteiger partial charge in [0.1, 0.15) is 11.6 Å². The molecule has 0 N–H and O–H groups in total. The van der Waals surface area contributed by atoms with E-state index in [0.717, 1.165) is 35.7 Å². The normalized spacial score (nSPS) is 18.2. The van der Waals surface area contributed by atoms with E-state index in [1.54, 1.807) is 7.11 Å². The molecule has 7 heteroatoms. The molecular weight excluding hydrogens is 404 g/mol.